The number of amides is 1. The van der Waals surface area contributed by atoms with Crippen LogP contribution in [0.5, 0.6) is 5.75 Å². The Morgan fingerprint density at radius 1 is 1.26 bits per heavy atom. The van der Waals surface area contributed by atoms with Crippen LogP contribution in [0.1, 0.15) is 26.3 Å². The smallest absolute Gasteiger partial charge is 0.246 e. The monoisotopic (exact) mass is 265 g/mol. The first-order valence-electron chi connectivity index (χ1n) is 6.55. The summed E-state index contributed by atoms with van der Waals surface area (Å²) in [6.07, 6.45) is 0.799. The number of hydrogen-bond acceptors (Lipinski definition) is 3. The van der Waals surface area contributed by atoms with Crippen LogP contribution in [0, 0.1) is 0 Å². The SMILES string of the molecule is COc1ccccc1CC(C)NC(=O)COC(C)C. The molecule has 0 bridgehead atoms. The number of rotatable bonds is 7. The van der Waals surface area contributed by atoms with Gasteiger partial charge in [0.05, 0.1) is 13.2 Å². The lowest BCUT2D eigenvalue weighted by molar-refractivity contribution is -0.127. The van der Waals surface area contributed by atoms with Gasteiger partial charge in [0.15, 0.2) is 0 Å². The predicted octanol–water partition coefficient (Wildman–Crippen LogP) is 2.17. The molecule has 0 aromatic heterocycles. The molecule has 0 saturated carbocycles. The topological polar surface area (TPSA) is 47.6 Å². The summed E-state index contributed by atoms with van der Waals surface area (Å²) >= 11 is 0. The van der Waals surface area contributed by atoms with Crippen molar-refractivity contribution in [3.05, 3.63) is 29.8 Å². The van der Waals surface area contributed by atoms with Crippen molar-refractivity contribution in [2.45, 2.75) is 39.3 Å². The predicted molar refractivity (Wildman–Crippen MR) is 75.4 cm³/mol. The van der Waals surface area contributed by atoms with Gasteiger partial charge in [0, 0.05) is 6.04 Å². The van der Waals surface area contributed by atoms with Crippen LogP contribution in [0.15, 0.2) is 24.3 Å². The van der Waals surface area contributed by atoms with Crippen LogP contribution >= 0.6 is 0 Å². The van der Waals surface area contributed by atoms with E-state index in [4.69, 9.17) is 9.47 Å². The minimum atomic E-state index is -0.0869. The van der Waals surface area contributed by atoms with E-state index in [-0.39, 0.29) is 24.7 Å². The van der Waals surface area contributed by atoms with Crippen LogP contribution in [-0.2, 0) is 16.0 Å². The zero-order valence-corrected chi connectivity index (χ0v) is 12.1. The molecule has 0 heterocycles. The Bertz CT molecular complexity index is 404. The quantitative estimate of drug-likeness (QED) is 0.822. The Morgan fingerprint density at radius 2 is 1.95 bits per heavy atom. The van der Waals surface area contributed by atoms with Crippen LogP contribution < -0.4 is 10.1 Å². The number of methoxy groups -OCH3 is 1. The number of carbonyl (C=O) groups excluding carboxylic acids is 1. The van der Waals surface area contributed by atoms with Gasteiger partial charge in [0.2, 0.25) is 5.91 Å². The second-order valence-corrected chi connectivity index (χ2v) is 4.84. The Balaban J connectivity index is 2.46. The molecule has 0 fully saturated rings. The highest BCUT2D eigenvalue weighted by Crippen LogP contribution is 2.18. The van der Waals surface area contributed by atoms with Gasteiger partial charge in [-0.3, -0.25) is 4.79 Å². The van der Waals surface area contributed by atoms with Gasteiger partial charge >= 0.3 is 0 Å². The summed E-state index contributed by atoms with van der Waals surface area (Å²) in [5, 5.41) is 2.92. The minimum absolute atomic E-state index is 0.0413. The molecule has 0 aliphatic heterocycles. The molecule has 0 spiro atoms. The Hall–Kier alpha value is -1.55. The number of hydrogen-bond donors (Lipinski definition) is 1. The molecule has 1 amide bonds. The van der Waals surface area contributed by atoms with E-state index in [1.165, 1.54) is 0 Å². The molecule has 0 aliphatic rings. The highest BCUT2D eigenvalue weighted by molar-refractivity contribution is 5.77. The van der Waals surface area contributed by atoms with Crippen LogP contribution in [0.25, 0.3) is 0 Å². The first kappa shape index (κ1) is 15.5. The number of nitrogens with one attached hydrogen (secondary N) is 1. The third kappa shape index (κ3) is 5.75. The van der Waals surface area contributed by atoms with Gasteiger partial charge in [-0.15, -0.1) is 0 Å². The zero-order chi connectivity index (χ0) is 14.3. The normalized spacial score (nSPS) is 12.3. The molecule has 106 valence electrons. The number of benzene rings is 1. The third-order valence-corrected chi connectivity index (χ3v) is 2.67. The highest BCUT2D eigenvalue weighted by Gasteiger charge is 2.11. The molecule has 4 nitrogen and oxygen atoms in total. The summed E-state index contributed by atoms with van der Waals surface area (Å²) in [5.74, 6) is 0.762. The van der Waals surface area contributed by atoms with Crippen molar-refractivity contribution >= 4 is 5.91 Å². The summed E-state index contributed by atoms with van der Waals surface area (Å²) in [4.78, 5) is 11.6. The fourth-order valence-corrected chi connectivity index (χ4v) is 1.81. The average Bonchev–Trinajstić information content (AvgIpc) is 2.37. The largest absolute Gasteiger partial charge is 0.496 e. The molecule has 1 aromatic rings. The lowest BCUT2D eigenvalue weighted by Crippen LogP contribution is -2.37. The van der Waals surface area contributed by atoms with E-state index in [2.05, 4.69) is 5.32 Å². The first-order valence-corrected chi connectivity index (χ1v) is 6.55. The Labute approximate surface area is 115 Å². The number of para-hydroxylation sites is 1. The second-order valence-electron chi connectivity index (χ2n) is 4.84. The molecule has 1 atom stereocenters. The highest BCUT2D eigenvalue weighted by atomic mass is 16.5. The molecule has 4 heteroatoms. The second kappa shape index (κ2) is 7.79. The fraction of sp³-hybridized carbons (Fsp3) is 0.533. The van der Waals surface area contributed by atoms with E-state index in [0.717, 1.165) is 17.7 Å². The van der Waals surface area contributed by atoms with Gasteiger partial charge in [-0.25, -0.2) is 0 Å². The number of carbonyl (C=O) groups is 1. The van der Waals surface area contributed by atoms with Gasteiger partial charge in [-0.05, 0) is 38.8 Å². The summed E-state index contributed by atoms with van der Waals surface area (Å²) in [6, 6.07) is 7.87. The Morgan fingerprint density at radius 3 is 2.58 bits per heavy atom. The average molecular weight is 265 g/mol. The summed E-state index contributed by atoms with van der Waals surface area (Å²) < 4.78 is 10.6. The summed E-state index contributed by atoms with van der Waals surface area (Å²) in [6.45, 7) is 5.89. The minimum Gasteiger partial charge on any atom is -0.496 e. The van der Waals surface area contributed by atoms with Crippen molar-refractivity contribution in [2.24, 2.45) is 0 Å². The Kier molecular flexibility index (Phi) is 6.36. The number of ether oxygens (including phenoxy) is 2. The fourth-order valence-electron chi connectivity index (χ4n) is 1.81. The lowest BCUT2D eigenvalue weighted by Gasteiger charge is -2.16. The maximum Gasteiger partial charge on any atom is 0.246 e. The third-order valence-electron chi connectivity index (χ3n) is 2.67. The van der Waals surface area contributed by atoms with E-state index >= 15 is 0 Å². The van der Waals surface area contributed by atoms with Crippen LogP contribution in [0.4, 0.5) is 0 Å². The maximum absolute atomic E-state index is 11.6. The van der Waals surface area contributed by atoms with Crippen molar-refractivity contribution < 1.29 is 14.3 Å². The van der Waals surface area contributed by atoms with Crippen LogP contribution in [0.3, 0.4) is 0 Å². The molecule has 0 radical (unpaired) electrons. The summed E-state index contributed by atoms with van der Waals surface area (Å²) in [7, 11) is 1.65. The van der Waals surface area contributed by atoms with E-state index in [1.54, 1.807) is 7.11 Å². The van der Waals surface area contributed by atoms with E-state index in [0.29, 0.717) is 0 Å². The molecule has 0 saturated heterocycles. The molecule has 1 N–H and O–H groups in total. The van der Waals surface area contributed by atoms with Crippen LogP contribution in [-0.4, -0.2) is 31.8 Å². The van der Waals surface area contributed by atoms with Gasteiger partial charge in [-0.1, -0.05) is 18.2 Å². The van der Waals surface area contributed by atoms with E-state index < -0.39 is 0 Å². The standard InChI is InChI=1S/C15H23NO3/c1-11(2)19-10-15(17)16-12(3)9-13-7-5-6-8-14(13)18-4/h5-8,11-12H,9-10H2,1-4H3,(H,16,17). The molecular formula is C15H23NO3. The van der Waals surface area contributed by atoms with Crippen molar-refractivity contribution in [3.63, 3.8) is 0 Å². The first-order chi connectivity index (χ1) is 9.02. The molecule has 19 heavy (non-hydrogen) atoms. The summed E-state index contributed by atoms with van der Waals surface area (Å²) in [5.41, 5.74) is 1.09. The van der Waals surface area contributed by atoms with Crippen LogP contribution in [0.2, 0.25) is 0 Å². The lowest BCUT2D eigenvalue weighted by atomic mass is 10.1. The molecular weight excluding hydrogens is 242 g/mol. The van der Waals surface area contributed by atoms with Crippen molar-refractivity contribution in [3.8, 4) is 5.75 Å². The van der Waals surface area contributed by atoms with Crippen molar-refractivity contribution in [1.82, 2.24) is 5.32 Å². The van der Waals surface area contributed by atoms with Gasteiger partial charge in [0.25, 0.3) is 0 Å². The van der Waals surface area contributed by atoms with Gasteiger partial charge in [0.1, 0.15) is 12.4 Å². The van der Waals surface area contributed by atoms with E-state index in [1.807, 2.05) is 45.0 Å². The van der Waals surface area contributed by atoms with Crippen molar-refractivity contribution in [2.75, 3.05) is 13.7 Å². The maximum atomic E-state index is 11.6. The van der Waals surface area contributed by atoms with Crippen molar-refractivity contribution in [1.29, 1.82) is 0 Å². The molecule has 1 rings (SSSR count). The zero-order valence-electron chi connectivity index (χ0n) is 12.1. The molecule has 0 aliphatic carbocycles. The molecule has 1 aromatic carbocycles. The van der Waals surface area contributed by atoms with E-state index in [9.17, 15) is 4.79 Å². The molecule has 1 unspecified atom stereocenters. The van der Waals surface area contributed by atoms with Gasteiger partial charge in [-0.2, -0.15) is 0 Å². The van der Waals surface area contributed by atoms with Gasteiger partial charge < -0.3 is 14.8 Å².